The van der Waals surface area contributed by atoms with Gasteiger partial charge in [0.25, 0.3) is 0 Å². The topological polar surface area (TPSA) is 52.2 Å². The molecule has 0 fully saturated rings. The molecule has 0 radical (unpaired) electrons. The Balaban J connectivity index is 2.08. The molecule has 0 amide bonds. The minimum Gasteiger partial charge on any atom is -0.297 e. The lowest BCUT2D eigenvalue weighted by atomic mass is 10.1. The maximum absolute atomic E-state index is 12.1. The number of imidazole rings is 1. The van der Waals surface area contributed by atoms with Gasteiger partial charge in [-0.25, -0.2) is 4.98 Å². The van der Waals surface area contributed by atoms with Gasteiger partial charge in [-0.05, 0) is 17.7 Å². The second-order valence-electron chi connectivity index (χ2n) is 5.21. The van der Waals surface area contributed by atoms with Gasteiger partial charge < -0.3 is 0 Å². The first kappa shape index (κ1) is 12.6. The molecule has 0 bridgehead atoms. The molecule has 0 N–H and O–H groups in total. The molecule has 0 aliphatic rings. The Hall–Kier alpha value is -2.43. The van der Waals surface area contributed by atoms with Gasteiger partial charge in [-0.1, -0.05) is 13.8 Å². The summed E-state index contributed by atoms with van der Waals surface area (Å²) in [5, 5.41) is 4.17. The average Bonchev–Trinajstić information content (AvgIpc) is 3.03. The van der Waals surface area contributed by atoms with Gasteiger partial charge in [0, 0.05) is 30.9 Å². The first-order valence-electron chi connectivity index (χ1n) is 6.56. The molecule has 0 aliphatic carbocycles. The molecule has 0 atom stereocenters. The van der Waals surface area contributed by atoms with Crippen molar-refractivity contribution in [1.82, 2.24) is 19.2 Å². The van der Waals surface area contributed by atoms with Crippen LogP contribution in [0.4, 0.5) is 0 Å². The van der Waals surface area contributed by atoms with Gasteiger partial charge in [-0.3, -0.25) is 13.9 Å². The van der Waals surface area contributed by atoms with Crippen molar-refractivity contribution in [3.8, 4) is 11.1 Å². The van der Waals surface area contributed by atoms with Gasteiger partial charge in [0.05, 0.1) is 12.4 Å². The lowest BCUT2D eigenvalue weighted by molar-refractivity contribution is 0.0933. The number of pyridine rings is 1. The third-order valence-corrected chi connectivity index (χ3v) is 3.33. The van der Waals surface area contributed by atoms with E-state index in [9.17, 15) is 4.79 Å². The van der Waals surface area contributed by atoms with Crippen LogP contribution in [-0.2, 0) is 7.05 Å². The van der Waals surface area contributed by atoms with E-state index in [0.717, 1.165) is 16.8 Å². The van der Waals surface area contributed by atoms with Crippen molar-refractivity contribution in [2.75, 3.05) is 0 Å². The highest BCUT2D eigenvalue weighted by atomic mass is 16.1. The Morgan fingerprint density at radius 3 is 2.70 bits per heavy atom. The second-order valence-corrected chi connectivity index (χ2v) is 5.21. The number of hydrogen-bond acceptors (Lipinski definition) is 3. The monoisotopic (exact) mass is 268 g/mol. The predicted molar refractivity (Wildman–Crippen MR) is 76.6 cm³/mol. The summed E-state index contributed by atoms with van der Waals surface area (Å²) in [6.07, 6.45) is 7.30. The fraction of sp³-hybridized carbons (Fsp3) is 0.267. The fourth-order valence-electron chi connectivity index (χ4n) is 2.21. The summed E-state index contributed by atoms with van der Waals surface area (Å²) in [5.74, 6) is 0.0690. The highest BCUT2D eigenvalue weighted by Gasteiger charge is 2.15. The van der Waals surface area contributed by atoms with Gasteiger partial charge in [0.2, 0.25) is 0 Å². The molecule has 20 heavy (non-hydrogen) atoms. The molecular weight excluding hydrogens is 252 g/mol. The summed E-state index contributed by atoms with van der Waals surface area (Å²) in [7, 11) is 1.89. The van der Waals surface area contributed by atoms with Crippen LogP contribution in [-0.4, -0.2) is 24.9 Å². The predicted octanol–water partition coefficient (Wildman–Crippen LogP) is 2.57. The van der Waals surface area contributed by atoms with E-state index >= 15 is 0 Å². The summed E-state index contributed by atoms with van der Waals surface area (Å²) in [6, 6.07) is 3.94. The van der Waals surface area contributed by atoms with Crippen molar-refractivity contribution < 1.29 is 4.79 Å². The standard InChI is InChI=1S/C15H16N4O/c1-10(2)15(20)13-8-16-14-6-11(4-5-19(13)14)12-7-17-18(3)9-12/h4-10H,1-3H3. The Morgan fingerprint density at radius 1 is 1.25 bits per heavy atom. The quantitative estimate of drug-likeness (QED) is 0.686. The number of aryl methyl sites for hydroxylation is 1. The molecule has 0 aromatic carbocycles. The molecule has 0 spiro atoms. The van der Waals surface area contributed by atoms with Gasteiger partial charge >= 0.3 is 0 Å². The summed E-state index contributed by atoms with van der Waals surface area (Å²) >= 11 is 0. The highest BCUT2D eigenvalue weighted by Crippen LogP contribution is 2.21. The Bertz CT molecular complexity index is 782. The van der Waals surface area contributed by atoms with Gasteiger partial charge in [0.1, 0.15) is 11.3 Å². The number of Topliss-reactive ketones (excluding diaryl/α,β-unsaturated/α-hetero) is 1. The zero-order chi connectivity index (χ0) is 14.3. The van der Waals surface area contributed by atoms with Crippen LogP contribution >= 0.6 is 0 Å². The average molecular weight is 268 g/mol. The van der Waals surface area contributed by atoms with Crippen LogP contribution in [0.2, 0.25) is 0 Å². The Kier molecular flexibility index (Phi) is 2.89. The van der Waals surface area contributed by atoms with Crippen LogP contribution in [0, 0.1) is 5.92 Å². The maximum atomic E-state index is 12.1. The molecule has 0 saturated carbocycles. The van der Waals surface area contributed by atoms with Gasteiger partial charge in [-0.15, -0.1) is 0 Å². The molecule has 3 aromatic heterocycles. The van der Waals surface area contributed by atoms with Crippen molar-refractivity contribution in [3.05, 3.63) is 42.6 Å². The number of carbonyl (C=O) groups is 1. The molecule has 3 heterocycles. The second kappa shape index (κ2) is 4.59. The normalized spacial score (nSPS) is 11.4. The molecule has 3 rings (SSSR count). The first-order valence-corrected chi connectivity index (χ1v) is 6.56. The number of hydrogen-bond donors (Lipinski definition) is 0. The fourth-order valence-corrected chi connectivity index (χ4v) is 2.21. The zero-order valence-electron chi connectivity index (χ0n) is 11.7. The summed E-state index contributed by atoms with van der Waals surface area (Å²) < 4.78 is 3.60. The molecule has 3 aromatic rings. The molecule has 102 valence electrons. The van der Waals surface area contributed by atoms with Crippen LogP contribution in [0.3, 0.4) is 0 Å². The molecule has 0 unspecified atom stereocenters. The SMILES string of the molecule is CC(C)C(=O)c1cnc2cc(-c3cnn(C)c3)ccn12. The zero-order valence-corrected chi connectivity index (χ0v) is 11.7. The third-order valence-electron chi connectivity index (χ3n) is 3.33. The number of nitrogens with zero attached hydrogens (tertiary/aromatic N) is 4. The summed E-state index contributed by atoms with van der Waals surface area (Å²) in [4.78, 5) is 16.4. The molecule has 0 aliphatic heterocycles. The molecule has 5 heteroatoms. The molecule has 5 nitrogen and oxygen atoms in total. The van der Waals surface area contributed by atoms with E-state index in [0.29, 0.717) is 5.69 Å². The summed E-state index contributed by atoms with van der Waals surface area (Å²) in [5.41, 5.74) is 3.48. The van der Waals surface area contributed by atoms with Crippen molar-refractivity contribution in [3.63, 3.8) is 0 Å². The lowest BCUT2D eigenvalue weighted by Gasteiger charge is -2.04. The number of ketones is 1. The number of carbonyl (C=O) groups excluding carboxylic acids is 1. The smallest absolute Gasteiger partial charge is 0.183 e. The molecular formula is C15H16N4O. The van der Waals surface area contributed by atoms with Gasteiger partial charge in [0.15, 0.2) is 5.78 Å². The van der Waals surface area contributed by atoms with Crippen molar-refractivity contribution >= 4 is 11.4 Å². The van der Waals surface area contributed by atoms with Crippen LogP contribution in [0.15, 0.2) is 36.9 Å². The minimum atomic E-state index is -0.0344. The maximum Gasteiger partial charge on any atom is 0.183 e. The van der Waals surface area contributed by atoms with Gasteiger partial charge in [-0.2, -0.15) is 5.10 Å². The Labute approximate surface area is 116 Å². The van der Waals surface area contributed by atoms with Crippen LogP contribution < -0.4 is 0 Å². The van der Waals surface area contributed by atoms with E-state index in [1.165, 1.54) is 0 Å². The highest BCUT2D eigenvalue weighted by molar-refractivity contribution is 5.96. The Morgan fingerprint density at radius 2 is 2.05 bits per heavy atom. The first-order chi connectivity index (χ1) is 9.56. The number of aromatic nitrogens is 4. The lowest BCUT2D eigenvalue weighted by Crippen LogP contribution is -2.10. The van der Waals surface area contributed by atoms with Crippen LogP contribution in [0.5, 0.6) is 0 Å². The van der Waals surface area contributed by atoms with Crippen molar-refractivity contribution in [1.29, 1.82) is 0 Å². The van der Waals surface area contributed by atoms with Crippen LogP contribution in [0.1, 0.15) is 24.3 Å². The largest absolute Gasteiger partial charge is 0.297 e. The van der Waals surface area contributed by atoms with E-state index in [1.54, 1.807) is 10.9 Å². The summed E-state index contributed by atoms with van der Waals surface area (Å²) in [6.45, 7) is 3.79. The van der Waals surface area contributed by atoms with E-state index in [-0.39, 0.29) is 11.7 Å². The number of fused-ring (bicyclic) bond motifs is 1. The van der Waals surface area contributed by atoms with E-state index in [4.69, 9.17) is 0 Å². The molecule has 0 saturated heterocycles. The van der Waals surface area contributed by atoms with E-state index in [1.807, 2.05) is 56.0 Å². The van der Waals surface area contributed by atoms with E-state index < -0.39 is 0 Å². The third kappa shape index (κ3) is 2.01. The van der Waals surface area contributed by atoms with E-state index in [2.05, 4.69) is 10.1 Å². The number of rotatable bonds is 3. The van der Waals surface area contributed by atoms with Crippen molar-refractivity contribution in [2.45, 2.75) is 13.8 Å². The minimum absolute atomic E-state index is 0.0344. The van der Waals surface area contributed by atoms with Crippen molar-refractivity contribution in [2.24, 2.45) is 13.0 Å². The van der Waals surface area contributed by atoms with Crippen LogP contribution in [0.25, 0.3) is 16.8 Å².